The monoisotopic (exact) mass is 1020 g/mol. The minimum Gasteiger partial charge on any atom is -0.488 e. The van der Waals surface area contributed by atoms with Crippen molar-refractivity contribution in [3.05, 3.63) is 20.4 Å². The molecule has 4 saturated heterocycles. The Balaban J connectivity index is 1.35. The lowest BCUT2D eigenvalue weighted by atomic mass is 9.94. The Kier molecular flexibility index (Phi) is 20.4. The van der Waals surface area contributed by atoms with E-state index in [4.69, 9.17) is 42.6 Å². The van der Waals surface area contributed by atoms with E-state index in [0.29, 0.717) is 24.5 Å². The fourth-order valence-electron chi connectivity index (χ4n) is 7.86. The van der Waals surface area contributed by atoms with Gasteiger partial charge in [-0.05, 0) is 19.1 Å². The Morgan fingerprint density at radius 2 is 1.12 bits per heavy atom. The normalized spacial score (nSPS) is 38.3. The van der Waals surface area contributed by atoms with Gasteiger partial charge in [-0.1, -0.05) is 0 Å². The van der Waals surface area contributed by atoms with Crippen molar-refractivity contribution >= 4 is 41.2 Å². The van der Waals surface area contributed by atoms with Gasteiger partial charge in [0.2, 0.25) is 11.8 Å². The maximum atomic E-state index is 12.6. The summed E-state index contributed by atoms with van der Waals surface area (Å²) in [7, 11) is 0. The predicted molar refractivity (Wildman–Crippen MR) is 225 cm³/mol. The van der Waals surface area contributed by atoms with Gasteiger partial charge >= 0.3 is 11.9 Å². The van der Waals surface area contributed by atoms with Gasteiger partial charge in [0.15, 0.2) is 43.1 Å². The van der Waals surface area contributed by atoms with Gasteiger partial charge in [0.05, 0.1) is 26.4 Å². The topological polar surface area (TPSA) is 444 Å². The number of anilines is 1. The number of aliphatic carboxylic acids is 2. The number of aliphatic hydroxyl groups is 9. The van der Waals surface area contributed by atoms with Crippen LogP contribution in [0.5, 0.6) is 5.75 Å². The van der Waals surface area contributed by atoms with Crippen LogP contribution >= 0.6 is 11.8 Å². The SMILES string of the molecule is CCOc1c(NCCSCCCO[C@@H]2O[C@H](CO[C@@H]3O[C@H](CO)[C@H](O)[C@H](O[C@@H]4O[C@H](C(=O)O)[C@@H](O)[C@H](O)[C@H]4O)[C@H]3NC(C)=O)[C@H](O)[C@H](O[C@@H]3O[C@H](C(=O)O)[C@@H](O)[C@H](O)[C@H]3O)[C@H]2NC(C)=O)c(=O)c1=O. The van der Waals surface area contributed by atoms with Crippen LogP contribution in [0.25, 0.3) is 0 Å². The number of ether oxygens (including phenoxy) is 9. The number of amides is 2. The number of aliphatic hydroxyl groups excluding tert-OH is 9. The van der Waals surface area contributed by atoms with E-state index >= 15 is 0 Å². The molecule has 0 radical (unpaired) electrons. The van der Waals surface area contributed by atoms with Crippen molar-refractivity contribution in [2.75, 3.05) is 49.8 Å². The van der Waals surface area contributed by atoms with Crippen LogP contribution in [0.2, 0.25) is 0 Å². The molecule has 1 aromatic carbocycles. The summed E-state index contributed by atoms with van der Waals surface area (Å²) < 4.78 is 51.2. The van der Waals surface area contributed by atoms with Gasteiger partial charge in [-0.25, -0.2) is 9.59 Å². The number of nitrogens with one attached hydrogen (secondary N) is 3. The average molecular weight is 1020 g/mol. The van der Waals surface area contributed by atoms with E-state index in [-0.39, 0.29) is 24.7 Å². The summed E-state index contributed by atoms with van der Waals surface area (Å²) in [6.45, 7) is 2.42. The molecule has 4 aliphatic rings. The molecule has 14 N–H and O–H groups in total. The lowest BCUT2D eigenvalue weighted by molar-refractivity contribution is -0.352. The van der Waals surface area contributed by atoms with Gasteiger partial charge in [-0.2, -0.15) is 11.8 Å². The molecule has 20 atom stereocenters. The molecule has 5 rings (SSSR count). The summed E-state index contributed by atoms with van der Waals surface area (Å²) >= 11 is 1.42. The Hall–Kier alpha value is -3.77. The molecule has 1 aromatic rings. The summed E-state index contributed by atoms with van der Waals surface area (Å²) in [4.78, 5) is 72.5. The van der Waals surface area contributed by atoms with Crippen LogP contribution in [-0.4, -0.2) is 247 Å². The summed E-state index contributed by atoms with van der Waals surface area (Å²) in [6.07, 6.45) is -35.0. The smallest absolute Gasteiger partial charge is 0.335 e. The Morgan fingerprint density at radius 1 is 0.623 bits per heavy atom. The zero-order chi connectivity index (χ0) is 51.0. The number of carboxylic acid groups (broad SMARTS) is 2. The van der Waals surface area contributed by atoms with E-state index < -0.39 is 171 Å². The summed E-state index contributed by atoms with van der Waals surface area (Å²) in [5, 5.41) is 123. The summed E-state index contributed by atoms with van der Waals surface area (Å²) in [5.74, 6) is -4.18. The quantitative estimate of drug-likeness (QED) is 0.0358. The van der Waals surface area contributed by atoms with E-state index in [9.17, 15) is 84.9 Å². The van der Waals surface area contributed by atoms with Crippen molar-refractivity contribution in [1.82, 2.24) is 10.6 Å². The third-order valence-corrected chi connectivity index (χ3v) is 12.4. The lowest BCUT2D eigenvalue weighted by Crippen LogP contribution is -2.69. The first-order valence-corrected chi connectivity index (χ1v) is 22.8. The third kappa shape index (κ3) is 13.2. The Labute approximate surface area is 395 Å². The van der Waals surface area contributed by atoms with Gasteiger partial charge in [0.25, 0.3) is 10.9 Å². The number of carboxylic acids is 2. The highest BCUT2D eigenvalue weighted by atomic mass is 32.2. The molecule has 69 heavy (non-hydrogen) atoms. The van der Waals surface area contributed by atoms with E-state index in [1.807, 2.05) is 0 Å². The van der Waals surface area contributed by atoms with E-state index in [1.165, 1.54) is 11.8 Å². The van der Waals surface area contributed by atoms with Crippen LogP contribution in [-0.2, 0) is 57.1 Å². The predicted octanol–water partition coefficient (Wildman–Crippen LogP) is -8.02. The van der Waals surface area contributed by atoms with Crippen molar-refractivity contribution in [3.8, 4) is 5.75 Å². The average Bonchev–Trinajstić information content (AvgIpc) is 3.30. The van der Waals surface area contributed by atoms with Crippen LogP contribution in [0, 0.1) is 0 Å². The minimum atomic E-state index is -2.15. The fraction of sp³-hybridized carbons (Fsp3) is 0.795. The molecule has 4 aliphatic heterocycles. The van der Waals surface area contributed by atoms with E-state index in [2.05, 4.69) is 16.0 Å². The first kappa shape index (κ1) is 56.1. The molecule has 0 aromatic heterocycles. The van der Waals surface area contributed by atoms with Crippen LogP contribution in [0.3, 0.4) is 0 Å². The van der Waals surface area contributed by atoms with Gasteiger partial charge in [0.1, 0.15) is 91.0 Å². The molecule has 0 saturated carbocycles. The van der Waals surface area contributed by atoms with E-state index in [1.54, 1.807) is 6.92 Å². The molecule has 0 unspecified atom stereocenters. The molecular formula is C39H59N3O26S. The molecule has 4 heterocycles. The van der Waals surface area contributed by atoms with Crippen LogP contribution in [0.15, 0.2) is 9.59 Å². The number of carbonyl (C=O) groups is 4. The molecule has 4 fully saturated rings. The molecule has 29 nitrogen and oxygen atoms in total. The van der Waals surface area contributed by atoms with Crippen LogP contribution in [0.1, 0.15) is 27.2 Å². The van der Waals surface area contributed by atoms with E-state index in [0.717, 1.165) is 13.8 Å². The largest absolute Gasteiger partial charge is 0.488 e. The lowest BCUT2D eigenvalue weighted by Gasteiger charge is -2.48. The highest BCUT2D eigenvalue weighted by Crippen LogP contribution is 2.33. The van der Waals surface area contributed by atoms with Gasteiger partial charge in [0, 0.05) is 26.1 Å². The molecule has 0 spiro atoms. The molecule has 30 heteroatoms. The first-order valence-electron chi connectivity index (χ1n) is 21.6. The number of rotatable bonds is 23. The number of thioether (sulfide) groups is 1. The van der Waals surface area contributed by atoms with Crippen molar-refractivity contribution in [2.45, 2.75) is 150 Å². The highest BCUT2D eigenvalue weighted by molar-refractivity contribution is 7.99. The molecule has 0 aliphatic carbocycles. The maximum Gasteiger partial charge on any atom is 0.335 e. The zero-order valence-electron chi connectivity index (χ0n) is 37.2. The molecular weight excluding hydrogens is 958 g/mol. The van der Waals surface area contributed by atoms with Gasteiger partial charge in [-0.3, -0.25) is 19.2 Å². The molecule has 392 valence electrons. The second-order valence-corrected chi connectivity index (χ2v) is 17.5. The zero-order valence-corrected chi connectivity index (χ0v) is 38.0. The summed E-state index contributed by atoms with van der Waals surface area (Å²) in [5.41, 5.74) is -1.32. The van der Waals surface area contributed by atoms with Crippen LogP contribution in [0.4, 0.5) is 5.69 Å². The minimum absolute atomic E-state index is 0.0325. The third-order valence-electron chi connectivity index (χ3n) is 11.3. The van der Waals surface area contributed by atoms with Gasteiger partial charge in [-0.15, -0.1) is 0 Å². The molecule has 2 amide bonds. The molecule has 0 bridgehead atoms. The number of carbonyl (C=O) groups excluding carboxylic acids is 2. The summed E-state index contributed by atoms with van der Waals surface area (Å²) in [6, 6.07) is -3.14. The van der Waals surface area contributed by atoms with Crippen molar-refractivity contribution in [1.29, 1.82) is 0 Å². The van der Waals surface area contributed by atoms with Crippen molar-refractivity contribution in [3.63, 3.8) is 0 Å². The highest BCUT2D eigenvalue weighted by Gasteiger charge is 2.56. The number of hydrogen-bond donors (Lipinski definition) is 14. The second kappa shape index (κ2) is 25.1. The fourth-order valence-corrected chi connectivity index (χ4v) is 8.63. The second-order valence-electron chi connectivity index (χ2n) is 16.3. The maximum absolute atomic E-state index is 12.6. The van der Waals surface area contributed by atoms with Crippen molar-refractivity contribution < 1.29 is 118 Å². The number of hydrogen-bond acceptors (Lipinski definition) is 26. The Bertz CT molecular complexity index is 1960. The first-order chi connectivity index (χ1) is 32.6. The van der Waals surface area contributed by atoms with Crippen molar-refractivity contribution in [2.24, 2.45) is 0 Å². The van der Waals surface area contributed by atoms with Crippen LogP contribution < -0.4 is 31.5 Å². The standard InChI is InChI=1S/C39H59N3O26S/c1-4-60-29-16(21(48)24(29)51)40-6-9-69-8-5-7-61-36-17(41-12(2)44)31(66-39-28(55)23(50)26(53)33(68-39)35(58)59)20(47)15(64-36)11-62-37-18(42-13(3)45)30(19(46)14(10-43)63-37)65-38-27(54)22(49)25(52)32(67-38)34(56)57/h14-15,17-20,22-23,25-28,30-33,36-40,43,46-47,49-50,52-55H,4-11H2,1-3H3,(H,41,44)(H,42,45)(H,56,57)(H,58,59)/t14-,15-,17-,18-,19+,20+,22+,23+,25+,26+,27-,28-,30-,31-,32+,33+,36-,37-,38-,39-/m1/s1. The van der Waals surface area contributed by atoms with Gasteiger partial charge < -0.3 is 115 Å². The Morgan fingerprint density at radius 3 is 1.59 bits per heavy atom.